The van der Waals surface area contributed by atoms with E-state index < -0.39 is 24.0 Å². The summed E-state index contributed by atoms with van der Waals surface area (Å²) < 4.78 is 9.74. The third-order valence-corrected chi connectivity index (χ3v) is 2.29. The summed E-state index contributed by atoms with van der Waals surface area (Å²) in [4.78, 5) is 23.3. The van der Waals surface area contributed by atoms with Crippen LogP contribution in [0.1, 0.15) is 31.1 Å². The molecule has 20 heavy (non-hydrogen) atoms. The number of carbonyl (C=O) groups excluding carboxylic acids is 2. The largest absolute Gasteiger partial charge is 0.504 e. The maximum absolute atomic E-state index is 11.8. The Kier molecular flexibility index (Phi) is 4.96. The molecule has 0 saturated carbocycles. The molecule has 0 atom stereocenters. The van der Waals surface area contributed by atoms with Crippen LogP contribution in [0.2, 0.25) is 0 Å². The van der Waals surface area contributed by atoms with Gasteiger partial charge in [-0.1, -0.05) is 6.07 Å². The van der Waals surface area contributed by atoms with Gasteiger partial charge in [0.2, 0.25) is 0 Å². The van der Waals surface area contributed by atoms with Crippen molar-refractivity contribution < 1.29 is 24.2 Å². The van der Waals surface area contributed by atoms with E-state index in [4.69, 9.17) is 9.47 Å². The number of hydrogen-bond donors (Lipinski definition) is 2. The van der Waals surface area contributed by atoms with Crippen molar-refractivity contribution in [2.24, 2.45) is 0 Å². The molecule has 0 aliphatic heterocycles. The molecule has 0 radical (unpaired) electrons. The molecule has 2 N–H and O–H groups in total. The molecule has 6 heteroatoms. The molecule has 0 bridgehead atoms. The van der Waals surface area contributed by atoms with Gasteiger partial charge in [-0.05, 0) is 32.9 Å². The summed E-state index contributed by atoms with van der Waals surface area (Å²) in [5.74, 6) is -1.34. The second kappa shape index (κ2) is 6.27. The molecular formula is C14H19NO5. The van der Waals surface area contributed by atoms with E-state index in [1.54, 1.807) is 6.07 Å². The van der Waals surface area contributed by atoms with Crippen LogP contribution in [0.3, 0.4) is 0 Å². The number of nitrogens with one attached hydrogen (secondary N) is 1. The monoisotopic (exact) mass is 281 g/mol. The van der Waals surface area contributed by atoms with Crippen LogP contribution in [0.15, 0.2) is 18.2 Å². The van der Waals surface area contributed by atoms with Gasteiger partial charge in [-0.2, -0.15) is 0 Å². The van der Waals surface area contributed by atoms with E-state index in [0.717, 1.165) is 0 Å². The zero-order valence-corrected chi connectivity index (χ0v) is 12.0. The first kappa shape index (κ1) is 15.8. The van der Waals surface area contributed by atoms with E-state index in [2.05, 4.69) is 5.32 Å². The highest BCUT2D eigenvalue weighted by Gasteiger charge is 2.19. The Morgan fingerprint density at radius 1 is 1.30 bits per heavy atom. The number of ether oxygens (including phenoxy) is 2. The van der Waals surface area contributed by atoms with Gasteiger partial charge in [0, 0.05) is 5.54 Å². The molecule has 0 aliphatic carbocycles. The number of phenols is 1. The zero-order valence-electron chi connectivity index (χ0n) is 12.0. The third-order valence-electron chi connectivity index (χ3n) is 2.29. The summed E-state index contributed by atoms with van der Waals surface area (Å²) in [7, 11) is 1.38. The van der Waals surface area contributed by atoms with E-state index in [0.29, 0.717) is 0 Å². The summed E-state index contributed by atoms with van der Waals surface area (Å²) in [6, 6.07) is 4.45. The first-order valence-electron chi connectivity index (χ1n) is 6.08. The van der Waals surface area contributed by atoms with Crippen LogP contribution in [0.4, 0.5) is 0 Å². The van der Waals surface area contributed by atoms with Gasteiger partial charge in [-0.25, -0.2) is 4.79 Å². The van der Waals surface area contributed by atoms with Crippen LogP contribution in [0, 0.1) is 0 Å². The summed E-state index contributed by atoms with van der Waals surface area (Å²) >= 11 is 0. The highest BCUT2D eigenvalue weighted by Crippen LogP contribution is 2.29. The predicted molar refractivity (Wildman–Crippen MR) is 72.8 cm³/mol. The lowest BCUT2D eigenvalue weighted by Crippen LogP contribution is -2.42. The van der Waals surface area contributed by atoms with Crippen LogP contribution in [-0.4, -0.2) is 36.2 Å². The highest BCUT2D eigenvalue weighted by atomic mass is 16.5. The molecule has 1 rings (SSSR count). The number of phenolic OH excluding ortho intramolecular Hbond substituents is 1. The number of amides is 1. The van der Waals surface area contributed by atoms with Crippen molar-refractivity contribution in [1.29, 1.82) is 0 Å². The Morgan fingerprint density at radius 3 is 2.50 bits per heavy atom. The Hall–Kier alpha value is -2.24. The van der Waals surface area contributed by atoms with E-state index in [-0.39, 0.29) is 17.1 Å². The third kappa shape index (κ3) is 4.46. The van der Waals surface area contributed by atoms with Crippen molar-refractivity contribution in [2.45, 2.75) is 26.3 Å². The Balaban J connectivity index is 2.66. The lowest BCUT2D eigenvalue weighted by molar-refractivity contribution is -0.125. The minimum atomic E-state index is -0.787. The maximum atomic E-state index is 11.8. The Labute approximate surface area is 117 Å². The average molecular weight is 281 g/mol. The van der Waals surface area contributed by atoms with E-state index >= 15 is 0 Å². The van der Waals surface area contributed by atoms with Crippen LogP contribution in [-0.2, 0) is 9.53 Å². The van der Waals surface area contributed by atoms with Crippen molar-refractivity contribution in [1.82, 2.24) is 5.32 Å². The summed E-state index contributed by atoms with van der Waals surface area (Å²) in [6.07, 6.45) is 0. The molecule has 110 valence electrons. The van der Waals surface area contributed by atoms with Gasteiger partial charge >= 0.3 is 5.97 Å². The van der Waals surface area contributed by atoms with Crippen molar-refractivity contribution in [2.75, 3.05) is 13.7 Å². The molecule has 0 heterocycles. The molecule has 0 fully saturated rings. The number of carbonyl (C=O) groups is 2. The van der Waals surface area contributed by atoms with Gasteiger partial charge in [0.1, 0.15) is 5.56 Å². The lowest BCUT2D eigenvalue weighted by atomic mass is 10.1. The highest BCUT2D eigenvalue weighted by molar-refractivity contribution is 5.94. The molecule has 0 aromatic heterocycles. The van der Waals surface area contributed by atoms with Crippen LogP contribution >= 0.6 is 0 Å². The van der Waals surface area contributed by atoms with Gasteiger partial charge in [0.25, 0.3) is 5.91 Å². The molecule has 0 spiro atoms. The number of hydrogen-bond acceptors (Lipinski definition) is 5. The van der Waals surface area contributed by atoms with Crippen LogP contribution < -0.4 is 10.1 Å². The second-order valence-corrected chi connectivity index (χ2v) is 5.23. The van der Waals surface area contributed by atoms with Gasteiger partial charge in [0.15, 0.2) is 18.1 Å². The normalized spacial score (nSPS) is 10.8. The number of benzene rings is 1. The number of aromatic hydroxyl groups is 1. The number of para-hydroxylation sites is 1. The Morgan fingerprint density at radius 2 is 1.95 bits per heavy atom. The van der Waals surface area contributed by atoms with Gasteiger partial charge in [-0.3, -0.25) is 4.79 Å². The molecule has 1 amide bonds. The number of esters is 1. The van der Waals surface area contributed by atoms with Crippen molar-refractivity contribution >= 4 is 11.9 Å². The molecule has 1 aromatic carbocycles. The lowest BCUT2D eigenvalue weighted by Gasteiger charge is -2.20. The summed E-state index contributed by atoms with van der Waals surface area (Å²) in [5.41, 5.74) is -0.449. The topological polar surface area (TPSA) is 84.9 Å². The first-order valence-corrected chi connectivity index (χ1v) is 6.08. The van der Waals surface area contributed by atoms with Gasteiger partial charge < -0.3 is 19.9 Å². The van der Waals surface area contributed by atoms with Gasteiger partial charge in [-0.15, -0.1) is 0 Å². The molecule has 6 nitrogen and oxygen atoms in total. The van der Waals surface area contributed by atoms with Crippen molar-refractivity contribution in [3.63, 3.8) is 0 Å². The molecule has 1 aromatic rings. The molecule has 0 saturated heterocycles. The fraction of sp³-hybridized carbons (Fsp3) is 0.429. The fourth-order valence-electron chi connectivity index (χ4n) is 1.51. The SMILES string of the molecule is COc1cccc(C(=O)OCC(=O)NC(C)(C)C)c1O. The minimum Gasteiger partial charge on any atom is -0.504 e. The Bertz CT molecular complexity index is 505. The molecular weight excluding hydrogens is 262 g/mol. The first-order chi connectivity index (χ1) is 9.24. The van der Waals surface area contributed by atoms with E-state index in [9.17, 15) is 14.7 Å². The minimum absolute atomic E-state index is 0.0482. The zero-order chi connectivity index (χ0) is 15.3. The smallest absolute Gasteiger partial charge is 0.342 e. The van der Waals surface area contributed by atoms with Crippen molar-refractivity contribution in [3.8, 4) is 11.5 Å². The summed E-state index contributed by atoms with van der Waals surface area (Å²) in [5, 5.41) is 12.4. The second-order valence-electron chi connectivity index (χ2n) is 5.23. The maximum Gasteiger partial charge on any atom is 0.342 e. The van der Waals surface area contributed by atoms with E-state index in [1.165, 1.54) is 19.2 Å². The van der Waals surface area contributed by atoms with Crippen molar-refractivity contribution in [3.05, 3.63) is 23.8 Å². The number of methoxy groups -OCH3 is 1. The van der Waals surface area contributed by atoms with Crippen LogP contribution in [0.25, 0.3) is 0 Å². The standard InChI is InChI=1S/C14H19NO5/c1-14(2,3)15-11(16)8-20-13(18)9-6-5-7-10(19-4)12(9)17/h5-7,17H,8H2,1-4H3,(H,15,16). The fourth-order valence-corrected chi connectivity index (χ4v) is 1.51. The van der Waals surface area contributed by atoms with Crippen LogP contribution in [0.5, 0.6) is 11.5 Å². The molecule has 0 aliphatic rings. The average Bonchev–Trinajstić information content (AvgIpc) is 2.34. The predicted octanol–water partition coefficient (Wildman–Crippen LogP) is 1.47. The van der Waals surface area contributed by atoms with E-state index in [1.807, 2.05) is 20.8 Å². The quantitative estimate of drug-likeness (QED) is 0.816. The number of rotatable bonds is 4. The van der Waals surface area contributed by atoms with Gasteiger partial charge in [0.05, 0.1) is 7.11 Å². The summed E-state index contributed by atoms with van der Waals surface area (Å²) in [6.45, 7) is 5.05. The molecule has 0 unspecified atom stereocenters.